The van der Waals surface area contributed by atoms with Crippen LogP contribution in [0.2, 0.25) is 5.15 Å². The van der Waals surface area contributed by atoms with E-state index in [1.54, 1.807) is 0 Å². The summed E-state index contributed by atoms with van der Waals surface area (Å²) in [4.78, 5) is 18.1. The third kappa shape index (κ3) is 3.20. The number of fused-ring (bicyclic) bond motifs is 1. The molecule has 1 saturated heterocycles. The molecule has 2 aromatic heterocycles. The van der Waals surface area contributed by atoms with Crippen LogP contribution < -0.4 is 4.74 Å². The fraction of sp³-hybridized carbons (Fsp3) is 0.353. The Kier molecular flexibility index (Phi) is 4.32. The molecular weight excluding hydrogens is 326 g/mol. The molecule has 0 bridgehead atoms. The van der Waals surface area contributed by atoms with E-state index in [-0.39, 0.29) is 0 Å². The number of ether oxygens (including phenoxy) is 1. The van der Waals surface area contributed by atoms with Crippen LogP contribution in [0.25, 0.3) is 22.6 Å². The molecular formula is C17H18ClN5O. The van der Waals surface area contributed by atoms with Crippen LogP contribution in [0.15, 0.2) is 30.6 Å². The molecule has 0 saturated carbocycles. The molecule has 124 valence electrons. The third-order valence-electron chi connectivity index (χ3n) is 4.24. The Bertz CT molecular complexity index is 827. The lowest BCUT2D eigenvalue weighted by atomic mass is 10.2. The molecule has 4 rings (SSSR count). The lowest BCUT2D eigenvalue weighted by molar-refractivity contribution is 0.238. The summed E-state index contributed by atoms with van der Waals surface area (Å²) in [6, 6.07) is 7.87. The number of hydrogen-bond acceptors (Lipinski definition) is 5. The predicted octanol–water partition coefficient (Wildman–Crippen LogP) is 3.15. The molecule has 0 radical (unpaired) electrons. The highest BCUT2D eigenvalue weighted by molar-refractivity contribution is 6.33. The highest BCUT2D eigenvalue weighted by Gasteiger charge is 2.11. The first-order valence-electron chi connectivity index (χ1n) is 8.11. The van der Waals surface area contributed by atoms with E-state index < -0.39 is 0 Å². The van der Waals surface area contributed by atoms with Crippen molar-refractivity contribution in [2.75, 3.05) is 26.2 Å². The number of likely N-dealkylation sites (tertiary alicyclic amines) is 1. The Morgan fingerprint density at radius 3 is 2.67 bits per heavy atom. The summed E-state index contributed by atoms with van der Waals surface area (Å²) in [5.41, 5.74) is 2.17. The first-order valence-corrected chi connectivity index (χ1v) is 8.49. The first-order chi connectivity index (χ1) is 11.8. The second kappa shape index (κ2) is 6.75. The van der Waals surface area contributed by atoms with Gasteiger partial charge in [0.05, 0.1) is 0 Å². The number of imidazole rings is 1. The van der Waals surface area contributed by atoms with Crippen molar-refractivity contribution >= 4 is 22.8 Å². The molecule has 1 aliphatic rings. The molecule has 3 heterocycles. The van der Waals surface area contributed by atoms with Gasteiger partial charge in [0.1, 0.15) is 30.0 Å². The average molecular weight is 344 g/mol. The molecule has 3 aromatic rings. The fourth-order valence-electron chi connectivity index (χ4n) is 2.94. The Labute approximate surface area is 144 Å². The number of rotatable bonds is 5. The number of benzene rings is 1. The molecule has 1 aliphatic heterocycles. The van der Waals surface area contributed by atoms with E-state index in [0.29, 0.717) is 16.3 Å². The van der Waals surface area contributed by atoms with Gasteiger partial charge < -0.3 is 9.72 Å². The van der Waals surface area contributed by atoms with Crippen molar-refractivity contribution in [3.8, 4) is 17.1 Å². The summed E-state index contributed by atoms with van der Waals surface area (Å²) in [6.45, 7) is 4.09. The quantitative estimate of drug-likeness (QED) is 0.721. The van der Waals surface area contributed by atoms with Gasteiger partial charge in [-0.15, -0.1) is 0 Å². The Hall–Kier alpha value is -2.18. The van der Waals surface area contributed by atoms with Gasteiger partial charge >= 0.3 is 0 Å². The molecule has 24 heavy (non-hydrogen) atoms. The van der Waals surface area contributed by atoms with Crippen LogP contribution in [-0.4, -0.2) is 51.1 Å². The number of halogens is 1. The fourth-order valence-corrected chi connectivity index (χ4v) is 3.12. The highest BCUT2D eigenvalue weighted by Crippen LogP contribution is 2.24. The number of aromatic amines is 1. The van der Waals surface area contributed by atoms with Crippen LogP contribution in [0, 0.1) is 0 Å². The zero-order valence-corrected chi connectivity index (χ0v) is 14.0. The summed E-state index contributed by atoms with van der Waals surface area (Å²) in [5.74, 6) is 1.59. The van der Waals surface area contributed by atoms with Crippen LogP contribution in [0.1, 0.15) is 12.8 Å². The number of nitrogens with one attached hydrogen (secondary N) is 1. The average Bonchev–Trinajstić information content (AvgIpc) is 3.25. The summed E-state index contributed by atoms with van der Waals surface area (Å²) in [6.07, 6.45) is 4.03. The Morgan fingerprint density at radius 2 is 1.92 bits per heavy atom. The van der Waals surface area contributed by atoms with E-state index in [4.69, 9.17) is 16.3 Å². The van der Waals surface area contributed by atoms with Crippen LogP contribution >= 0.6 is 11.6 Å². The van der Waals surface area contributed by atoms with Gasteiger partial charge in [0.2, 0.25) is 0 Å². The minimum atomic E-state index is 0.351. The van der Waals surface area contributed by atoms with Crippen molar-refractivity contribution in [1.82, 2.24) is 24.8 Å². The normalized spacial score (nSPS) is 15.2. The van der Waals surface area contributed by atoms with Crippen molar-refractivity contribution in [2.24, 2.45) is 0 Å². The molecule has 7 heteroatoms. The molecule has 1 aromatic carbocycles. The zero-order valence-electron chi connectivity index (χ0n) is 13.2. The van der Waals surface area contributed by atoms with Gasteiger partial charge in [0, 0.05) is 12.1 Å². The summed E-state index contributed by atoms with van der Waals surface area (Å²) < 4.78 is 5.82. The third-order valence-corrected chi connectivity index (χ3v) is 4.52. The van der Waals surface area contributed by atoms with E-state index in [2.05, 4.69) is 24.8 Å². The minimum absolute atomic E-state index is 0.351. The highest BCUT2D eigenvalue weighted by atomic mass is 35.5. The zero-order chi connectivity index (χ0) is 16.4. The minimum Gasteiger partial charge on any atom is -0.492 e. The van der Waals surface area contributed by atoms with Crippen LogP contribution in [0.3, 0.4) is 0 Å². The van der Waals surface area contributed by atoms with Gasteiger partial charge in [-0.05, 0) is 50.2 Å². The molecule has 6 nitrogen and oxygen atoms in total. The SMILES string of the molecule is Clc1ncnc2[nH]c(-c3ccc(OCCN4CCCC4)cc3)nc12. The maximum absolute atomic E-state index is 6.04. The number of H-pyrrole nitrogens is 1. The molecule has 0 aliphatic carbocycles. The molecule has 1 fully saturated rings. The van der Waals surface area contributed by atoms with Crippen molar-refractivity contribution in [3.63, 3.8) is 0 Å². The summed E-state index contributed by atoms with van der Waals surface area (Å²) in [5, 5.41) is 0.351. The summed E-state index contributed by atoms with van der Waals surface area (Å²) in [7, 11) is 0. The second-order valence-corrected chi connectivity index (χ2v) is 6.23. The van der Waals surface area contributed by atoms with Gasteiger partial charge in [0.25, 0.3) is 0 Å². The van der Waals surface area contributed by atoms with Gasteiger partial charge in [-0.2, -0.15) is 0 Å². The number of hydrogen-bond donors (Lipinski definition) is 1. The standard InChI is InChI=1S/C17H18ClN5O/c18-15-14-17(20-11-19-15)22-16(21-14)12-3-5-13(6-4-12)24-10-9-23-7-1-2-8-23/h3-6,11H,1-2,7-10H2,(H,19,20,21,22). The van der Waals surface area contributed by atoms with Crippen LogP contribution in [0.4, 0.5) is 0 Å². The van der Waals surface area contributed by atoms with E-state index in [9.17, 15) is 0 Å². The van der Waals surface area contributed by atoms with E-state index in [1.807, 2.05) is 24.3 Å². The van der Waals surface area contributed by atoms with Crippen LogP contribution in [0.5, 0.6) is 5.75 Å². The maximum Gasteiger partial charge on any atom is 0.162 e. The number of aromatic nitrogens is 4. The smallest absolute Gasteiger partial charge is 0.162 e. The molecule has 0 amide bonds. The van der Waals surface area contributed by atoms with Gasteiger partial charge in [-0.3, -0.25) is 4.90 Å². The lowest BCUT2D eigenvalue weighted by Gasteiger charge is -2.14. The van der Waals surface area contributed by atoms with Crippen molar-refractivity contribution in [3.05, 3.63) is 35.7 Å². The first kappa shape index (κ1) is 15.4. The van der Waals surface area contributed by atoms with Crippen molar-refractivity contribution < 1.29 is 4.74 Å². The molecule has 0 unspecified atom stereocenters. The van der Waals surface area contributed by atoms with Crippen molar-refractivity contribution in [2.45, 2.75) is 12.8 Å². The predicted molar refractivity (Wildman–Crippen MR) is 93.3 cm³/mol. The van der Waals surface area contributed by atoms with Gasteiger partial charge in [-0.1, -0.05) is 11.6 Å². The maximum atomic E-state index is 6.04. The monoisotopic (exact) mass is 343 g/mol. The van der Waals surface area contributed by atoms with E-state index in [1.165, 1.54) is 32.3 Å². The topological polar surface area (TPSA) is 66.9 Å². The van der Waals surface area contributed by atoms with Gasteiger partial charge in [0.15, 0.2) is 10.8 Å². The summed E-state index contributed by atoms with van der Waals surface area (Å²) >= 11 is 6.04. The van der Waals surface area contributed by atoms with Crippen LogP contribution in [-0.2, 0) is 0 Å². The van der Waals surface area contributed by atoms with E-state index >= 15 is 0 Å². The van der Waals surface area contributed by atoms with Gasteiger partial charge in [-0.25, -0.2) is 15.0 Å². The Morgan fingerprint density at radius 1 is 1.12 bits per heavy atom. The largest absolute Gasteiger partial charge is 0.492 e. The molecule has 0 atom stereocenters. The second-order valence-electron chi connectivity index (χ2n) is 5.87. The molecule has 0 spiro atoms. The van der Waals surface area contributed by atoms with E-state index in [0.717, 1.165) is 30.3 Å². The molecule has 1 N–H and O–H groups in total. The lowest BCUT2D eigenvalue weighted by Crippen LogP contribution is -2.25. The number of nitrogens with zero attached hydrogens (tertiary/aromatic N) is 4. The Balaban J connectivity index is 1.43. The van der Waals surface area contributed by atoms with Crippen molar-refractivity contribution in [1.29, 1.82) is 0 Å².